The summed E-state index contributed by atoms with van der Waals surface area (Å²) in [6.45, 7) is 9.72. The van der Waals surface area contributed by atoms with Crippen LogP contribution in [0.3, 0.4) is 0 Å². The van der Waals surface area contributed by atoms with Crippen molar-refractivity contribution >= 4 is 23.1 Å². The van der Waals surface area contributed by atoms with E-state index in [4.69, 9.17) is 16.6 Å². The molecule has 0 amide bonds. The predicted octanol–water partition coefficient (Wildman–Crippen LogP) is 4.54. The minimum absolute atomic E-state index is 0.0205. The van der Waals surface area contributed by atoms with Gasteiger partial charge in [-0.1, -0.05) is 31.5 Å². The van der Waals surface area contributed by atoms with Crippen LogP contribution >= 0.6 is 11.6 Å². The van der Waals surface area contributed by atoms with Gasteiger partial charge in [-0.25, -0.2) is 4.39 Å². The molecule has 28 heavy (non-hydrogen) atoms. The predicted molar refractivity (Wildman–Crippen MR) is 113 cm³/mol. The first-order chi connectivity index (χ1) is 13.3. The number of allylic oxidation sites excluding steroid dienone is 2. The molecule has 1 saturated heterocycles. The molecule has 0 saturated carbocycles. The second-order valence-electron chi connectivity index (χ2n) is 7.93. The SMILES string of the molecule is CCC(C)N=C1C(=O)c2cc(Cl)c(F)cc2C(C)C/C=C/1N1CCN(C)CC1. The van der Waals surface area contributed by atoms with E-state index in [1.807, 2.05) is 13.8 Å². The second kappa shape index (κ2) is 8.75. The van der Waals surface area contributed by atoms with Gasteiger partial charge in [0.15, 0.2) is 0 Å². The third-order valence-corrected chi connectivity index (χ3v) is 6.06. The number of fused-ring (bicyclic) bond motifs is 1. The van der Waals surface area contributed by atoms with Gasteiger partial charge in [-0.15, -0.1) is 0 Å². The molecule has 1 aromatic carbocycles. The van der Waals surface area contributed by atoms with Crippen molar-refractivity contribution in [2.75, 3.05) is 33.2 Å². The standard InChI is InChI=1S/C22H29ClFN3O/c1-5-15(3)25-21-20(27-10-8-26(4)9-11-27)7-6-14(2)16-13-19(24)18(23)12-17(16)22(21)28/h7,12-15H,5-6,8-11H2,1-4H3/b20-7-,25-21?. The minimum atomic E-state index is -0.482. The van der Waals surface area contributed by atoms with Crippen molar-refractivity contribution < 1.29 is 9.18 Å². The van der Waals surface area contributed by atoms with Crippen LogP contribution in [-0.4, -0.2) is 60.6 Å². The van der Waals surface area contributed by atoms with E-state index in [0.717, 1.165) is 44.7 Å². The summed E-state index contributed by atoms with van der Waals surface area (Å²) in [5, 5.41) is -0.0205. The van der Waals surface area contributed by atoms with Crippen LogP contribution in [0.25, 0.3) is 0 Å². The molecule has 0 spiro atoms. The van der Waals surface area contributed by atoms with E-state index in [1.165, 1.54) is 12.1 Å². The maximum Gasteiger partial charge on any atom is 0.213 e. The topological polar surface area (TPSA) is 35.9 Å². The van der Waals surface area contributed by atoms with Crippen molar-refractivity contribution in [3.63, 3.8) is 0 Å². The largest absolute Gasteiger partial charge is 0.367 e. The number of rotatable bonds is 3. The zero-order valence-corrected chi connectivity index (χ0v) is 17.9. The van der Waals surface area contributed by atoms with Crippen LogP contribution in [0.2, 0.25) is 5.02 Å². The van der Waals surface area contributed by atoms with Gasteiger partial charge in [-0.3, -0.25) is 9.79 Å². The normalized spacial score (nSPS) is 25.7. The number of piperazine rings is 1. The molecule has 1 heterocycles. The van der Waals surface area contributed by atoms with E-state index in [2.05, 4.69) is 29.8 Å². The summed E-state index contributed by atoms with van der Waals surface area (Å²) in [6.07, 6.45) is 3.69. The molecule has 1 aromatic rings. The van der Waals surface area contributed by atoms with Crippen LogP contribution in [0.5, 0.6) is 0 Å². The molecule has 2 atom stereocenters. The lowest BCUT2D eigenvalue weighted by molar-refractivity contribution is 0.106. The maximum absolute atomic E-state index is 14.1. The van der Waals surface area contributed by atoms with Crippen molar-refractivity contribution in [1.82, 2.24) is 9.80 Å². The van der Waals surface area contributed by atoms with Crippen LogP contribution < -0.4 is 0 Å². The molecule has 1 fully saturated rings. The lowest BCUT2D eigenvalue weighted by Gasteiger charge is -2.36. The number of halogens is 2. The molecule has 152 valence electrons. The molecule has 6 heteroatoms. The number of hydrogen-bond donors (Lipinski definition) is 0. The van der Waals surface area contributed by atoms with Gasteiger partial charge in [0.2, 0.25) is 5.78 Å². The molecule has 1 aliphatic carbocycles. The number of likely N-dealkylation sites (N-methyl/N-ethyl adjacent to an activating group) is 1. The first-order valence-corrected chi connectivity index (χ1v) is 10.4. The smallest absolute Gasteiger partial charge is 0.213 e. The van der Waals surface area contributed by atoms with Gasteiger partial charge in [0, 0.05) is 37.8 Å². The Morgan fingerprint density at radius 3 is 2.61 bits per heavy atom. The monoisotopic (exact) mass is 405 g/mol. The molecule has 2 aliphatic rings. The summed E-state index contributed by atoms with van der Waals surface area (Å²) in [5.41, 5.74) is 2.57. The van der Waals surface area contributed by atoms with E-state index in [9.17, 15) is 9.18 Å². The summed E-state index contributed by atoms with van der Waals surface area (Å²) in [4.78, 5) is 22.9. The van der Waals surface area contributed by atoms with E-state index >= 15 is 0 Å². The molecule has 0 radical (unpaired) electrons. The molecule has 3 rings (SSSR count). The minimum Gasteiger partial charge on any atom is -0.367 e. The molecular weight excluding hydrogens is 377 g/mol. The van der Waals surface area contributed by atoms with Crippen LogP contribution in [0.15, 0.2) is 28.9 Å². The van der Waals surface area contributed by atoms with Crippen LogP contribution in [0.4, 0.5) is 4.39 Å². The first kappa shape index (κ1) is 21.0. The average Bonchev–Trinajstić information content (AvgIpc) is 2.68. The van der Waals surface area contributed by atoms with Gasteiger partial charge in [0.1, 0.15) is 11.5 Å². The lowest BCUT2D eigenvalue weighted by Crippen LogP contribution is -2.46. The highest BCUT2D eigenvalue weighted by atomic mass is 35.5. The molecule has 0 aromatic heterocycles. The third kappa shape index (κ3) is 4.31. The zero-order chi connectivity index (χ0) is 20.4. The zero-order valence-electron chi connectivity index (χ0n) is 17.1. The number of ketones is 1. The molecular formula is C22H29ClFN3O. The average molecular weight is 406 g/mol. The van der Waals surface area contributed by atoms with Gasteiger partial charge in [0.05, 0.1) is 10.7 Å². The van der Waals surface area contributed by atoms with Gasteiger partial charge in [-0.2, -0.15) is 0 Å². The van der Waals surface area contributed by atoms with E-state index in [0.29, 0.717) is 16.8 Å². The number of carbonyl (C=O) groups is 1. The summed E-state index contributed by atoms with van der Waals surface area (Å²) < 4.78 is 14.1. The number of aliphatic imine (C=N–C) groups is 1. The highest BCUT2D eigenvalue weighted by Gasteiger charge is 2.30. The summed E-state index contributed by atoms with van der Waals surface area (Å²) in [7, 11) is 2.11. The Morgan fingerprint density at radius 2 is 1.96 bits per heavy atom. The number of benzene rings is 1. The lowest BCUT2D eigenvalue weighted by atomic mass is 9.86. The number of nitrogens with zero attached hydrogens (tertiary/aromatic N) is 3. The number of Topliss-reactive ketones (excluding diaryl/α,β-unsaturated/α-hetero) is 1. The van der Waals surface area contributed by atoms with Gasteiger partial charge >= 0.3 is 0 Å². The van der Waals surface area contributed by atoms with Crippen LogP contribution in [-0.2, 0) is 0 Å². The van der Waals surface area contributed by atoms with Gasteiger partial charge in [0.25, 0.3) is 0 Å². The van der Waals surface area contributed by atoms with Crippen molar-refractivity contribution in [3.8, 4) is 0 Å². The molecule has 1 aliphatic heterocycles. The first-order valence-electron chi connectivity index (χ1n) is 10.1. The van der Waals surface area contributed by atoms with Crippen LogP contribution in [0.1, 0.15) is 55.5 Å². The Labute approximate surface area is 172 Å². The van der Waals surface area contributed by atoms with Gasteiger partial charge in [-0.05, 0) is 50.4 Å². The Morgan fingerprint density at radius 1 is 1.29 bits per heavy atom. The molecule has 0 bridgehead atoms. The summed E-state index contributed by atoms with van der Waals surface area (Å²) >= 11 is 6.04. The fraction of sp³-hybridized carbons (Fsp3) is 0.545. The molecule has 4 nitrogen and oxygen atoms in total. The van der Waals surface area contributed by atoms with Crippen molar-refractivity contribution in [2.24, 2.45) is 4.99 Å². The van der Waals surface area contributed by atoms with E-state index in [-0.39, 0.29) is 22.8 Å². The van der Waals surface area contributed by atoms with Crippen molar-refractivity contribution in [1.29, 1.82) is 0 Å². The Balaban J connectivity index is 2.10. The highest BCUT2D eigenvalue weighted by molar-refractivity contribution is 6.52. The Bertz CT molecular complexity index is 812. The van der Waals surface area contributed by atoms with E-state index < -0.39 is 5.82 Å². The molecule has 2 unspecified atom stereocenters. The Hall–Kier alpha value is -1.72. The highest BCUT2D eigenvalue weighted by Crippen LogP contribution is 2.32. The Kier molecular flexibility index (Phi) is 6.56. The van der Waals surface area contributed by atoms with Crippen molar-refractivity contribution in [2.45, 2.75) is 45.6 Å². The van der Waals surface area contributed by atoms with Gasteiger partial charge < -0.3 is 9.80 Å². The fourth-order valence-electron chi connectivity index (χ4n) is 3.69. The number of hydrogen-bond acceptors (Lipinski definition) is 4. The quantitative estimate of drug-likeness (QED) is 0.740. The maximum atomic E-state index is 14.1. The second-order valence-corrected chi connectivity index (χ2v) is 8.34. The summed E-state index contributed by atoms with van der Waals surface area (Å²) in [5.74, 6) is -0.614. The van der Waals surface area contributed by atoms with Crippen LogP contribution in [0, 0.1) is 5.82 Å². The van der Waals surface area contributed by atoms with Crippen molar-refractivity contribution in [3.05, 3.63) is 45.9 Å². The van der Waals surface area contributed by atoms with E-state index in [1.54, 1.807) is 0 Å². The third-order valence-electron chi connectivity index (χ3n) is 5.77. The fourth-order valence-corrected chi connectivity index (χ4v) is 3.85. The summed E-state index contributed by atoms with van der Waals surface area (Å²) in [6, 6.07) is 2.92. The number of carbonyl (C=O) groups excluding carboxylic acids is 1. The molecule has 0 N–H and O–H groups in total.